The van der Waals surface area contributed by atoms with Crippen molar-refractivity contribution in [2.75, 3.05) is 43.1 Å². The summed E-state index contributed by atoms with van der Waals surface area (Å²) < 4.78 is 49.3. The maximum atomic E-state index is 14.5. The van der Waals surface area contributed by atoms with E-state index in [1.165, 1.54) is 11.1 Å². The van der Waals surface area contributed by atoms with Crippen molar-refractivity contribution < 1.29 is 27.8 Å². The fraction of sp³-hybridized carbons (Fsp3) is 0.559. The van der Waals surface area contributed by atoms with Crippen LogP contribution in [0.2, 0.25) is 5.02 Å². The first-order chi connectivity index (χ1) is 20.9. The monoisotopic (exact) mass is 637 g/mol. The third-order valence-electron chi connectivity index (χ3n) is 8.97. The highest BCUT2D eigenvalue weighted by Gasteiger charge is 2.49. The van der Waals surface area contributed by atoms with Gasteiger partial charge in [-0.1, -0.05) is 52.8 Å². The molecular weight excluding hydrogens is 591 g/mol. The Hall–Kier alpha value is -2.75. The summed E-state index contributed by atoms with van der Waals surface area (Å²) in [5.74, 6) is -0.0273. The summed E-state index contributed by atoms with van der Waals surface area (Å²) >= 11 is 6.32. The van der Waals surface area contributed by atoms with Crippen LogP contribution in [0.4, 0.5) is 24.5 Å². The molecule has 0 aliphatic carbocycles. The molecule has 10 heteroatoms. The average molecular weight is 638 g/mol. The summed E-state index contributed by atoms with van der Waals surface area (Å²) in [6, 6.07) is 5.94. The molecule has 44 heavy (non-hydrogen) atoms. The SMILES string of the molecule is C=CN(c1c([C@H](C)CC)cc(OCCN2CCC3(CC2)C(=O)Nc2c(C)cc(Cl)cc23)cc1C(F)(F)F)C(CC)CO.CC. The van der Waals surface area contributed by atoms with Gasteiger partial charge in [0.25, 0.3) is 0 Å². The van der Waals surface area contributed by atoms with Gasteiger partial charge in [0.15, 0.2) is 0 Å². The standard InChI is InChI=1S/C32H41ClF3N3O3.C2H6/c1-6-20(4)25-17-24(18-27(32(34,35)36)29(25)39(8-3)23(7-2)19-40)42-14-13-38-11-9-31(10-12-38)26-16-22(33)15-21(5)28(26)37-30(31)41;1-2/h8,15-18,20,23,40H,3,6-7,9-14,19H2,1-2,4-5H3,(H,37,41);1-2H3/t20-,23?;/m1./s1. The number of hydrogen-bond donors (Lipinski definition) is 2. The highest BCUT2D eigenvalue weighted by atomic mass is 35.5. The van der Waals surface area contributed by atoms with Gasteiger partial charge in [-0.15, -0.1) is 0 Å². The van der Waals surface area contributed by atoms with Gasteiger partial charge in [0, 0.05) is 17.3 Å². The second-order valence-corrected chi connectivity index (χ2v) is 11.9. The number of ether oxygens (including phenoxy) is 1. The minimum absolute atomic E-state index is 0.00353. The number of carbonyl (C=O) groups is 1. The number of aliphatic hydroxyl groups is 1. The maximum absolute atomic E-state index is 14.5. The summed E-state index contributed by atoms with van der Waals surface area (Å²) in [6.45, 7) is 17.1. The number of carbonyl (C=O) groups excluding carboxylic acids is 1. The lowest BCUT2D eigenvalue weighted by Crippen LogP contribution is -2.47. The van der Waals surface area contributed by atoms with Crippen LogP contribution in [0, 0.1) is 6.92 Å². The lowest BCUT2D eigenvalue weighted by molar-refractivity contribution is -0.137. The molecule has 6 nitrogen and oxygen atoms in total. The number of piperidine rings is 1. The van der Waals surface area contributed by atoms with Crippen molar-refractivity contribution in [3.05, 3.63) is 64.3 Å². The molecule has 0 saturated carbocycles. The molecule has 2 aromatic rings. The van der Waals surface area contributed by atoms with E-state index in [0.717, 1.165) is 22.9 Å². The zero-order valence-corrected chi connectivity index (χ0v) is 27.5. The number of aryl methyl sites for hydroxylation is 1. The molecule has 0 radical (unpaired) electrons. The van der Waals surface area contributed by atoms with Crippen molar-refractivity contribution >= 4 is 28.9 Å². The molecule has 2 aliphatic rings. The quantitative estimate of drug-likeness (QED) is 0.260. The van der Waals surface area contributed by atoms with Gasteiger partial charge in [-0.05, 0) is 98.8 Å². The summed E-state index contributed by atoms with van der Waals surface area (Å²) in [4.78, 5) is 16.7. The maximum Gasteiger partial charge on any atom is 0.418 e. The highest BCUT2D eigenvalue weighted by molar-refractivity contribution is 6.31. The van der Waals surface area contributed by atoms with Crippen LogP contribution in [0.3, 0.4) is 0 Å². The normalized spacial score (nSPS) is 17.3. The molecule has 4 rings (SSSR count). The molecule has 244 valence electrons. The second-order valence-electron chi connectivity index (χ2n) is 11.4. The number of fused-ring (bicyclic) bond motifs is 2. The van der Waals surface area contributed by atoms with Gasteiger partial charge in [0.2, 0.25) is 5.91 Å². The van der Waals surface area contributed by atoms with Gasteiger partial charge >= 0.3 is 6.18 Å². The Morgan fingerprint density at radius 1 is 1.18 bits per heavy atom. The molecule has 2 atom stereocenters. The van der Waals surface area contributed by atoms with E-state index in [-0.39, 0.29) is 36.5 Å². The van der Waals surface area contributed by atoms with Crippen LogP contribution in [0.25, 0.3) is 0 Å². The average Bonchev–Trinajstić information content (AvgIpc) is 3.27. The van der Waals surface area contributed by atoms with Gasteiger partial charge in [-0.2, -0.15) is 13.2 Å². The molecule has 2 aliphatic heterocycles. The van der Waals surface area contributed by atoms with Gasteiger partial charge in [-0.3, -0.25) is 9.69 Å². The predicted octanol–water partition coefficient (Wildman–Crippen LogP) is 8.29. The van der Waals surface area contributed by atoms with E-state index in [9.17, 15) is 23.1 Å². The van der Waals surface area contributed by atoms with E-state index in [1.54, 1.807) is 6.07 Å². The summed E-state index contributed by atoms with van der Waals surface area (Å²) in [5.41, 5.74) is 1.85. The molecule has 2 heterocycles. The molecule has 0 bridgehead atoms. The van der Waals surface area contributed by atoms with Crippen LogP contribution in [-0.4, -0.2) is 54.8 Å². The third-order valence-corrected chi connectivity index (χ3v) is 9.19. The lowest BCUT2D eigenvalue weighted by atomic mass is 9.73. The zero-order valence-electron chi connectivity index (χ0n) is 26.8. The van der Waals surface area contributed by atoms with Crippen LogP contribution in [-0.2, 0) is 16.4 Å². The second kappa shape index (κ2) is 15.0. The number of aliphatic hydroxyl groups excluding tert-OH is 1. The number of hydrogen-bond acceptors (Lipinski definition) is 5. The summed E-state index contributed by atoms with van der Waals surface area (Å²) in [6.07, 6.45) is -0.939. The van der Waals surface area contributed by atoms with Crippen molar-refractivity contribution in [1.82, 2.24) is 4.90 Å². The van der Waals surface area contributed by atoms with E-state index >= 15 is 0 Å². The smallest absolute Gasteiger partial charge is 0.418 e. The van der Waals surface area contributed by atoms with E-state index < -0.39 is 23.2 Å². The van der Waals surface area contributed by atoms with Crippen LogP contribution >= 0.6 is 11.6 Å². The number of nitrogens with zero attached hydrogens (tertiary/aromatic N) is 2. The number of rotatable bonds is 11. The van der Waals surface area contributed by atoms with Crippen molar-refractivity contribution in [2.45, 2.75) is 90.8 Å². The number of halogens is 4. The first kappa shape index (κ1) is 35.7. The van der Waals surface area contributed by atoms with Crippen molar-refractivity contribution in [3.63, 3.8) is 0 Å². The van der Waals surface area contributed by atoms with E-state index in [2.05, 4.69) is 16.8 Å². The van der Waals surface area contributed by atoms with E-state index in [1.807, 2.05) is 53.7 Å². The molecular formula is C34H47ClF3N3O3. The molecule has 1 saturated heterocycles. The Kier molecular flexibility index (Phi) is 12.2. The minimum atomic E-state index is -4.63. The first-order valence-corrected chi connectivity index (χ1v) is 16.0. The van der Waals surface area contributed by atoms with Crippen LogP contribution in [0.5, 0.6) is 5.75 Å². The summed E-state index contributed by atoms with van der Waals surface area (Å²) in [7, 11) is 0. The number of benzene rings is 2. The van der Waals surface area contributed by atoms with Crippen LogP contribution < -0.4 is 15.0 Å². The Morgan fingerprint density at radius 2 is 1.84 bits per heavy atom. The van der Waals surface area contributed by atoms with Gasteiger partial charge in [0.05, 0.1) is 29.3 Å². The molecule has 0 aromatic heterocycles. The van der Waals surface area contributed by atoms with Crippen molar-refractivity contribution in [2.24, 2.45) is 0 Å². The number of alkyl halides is 3. The number of amides is 1. The molecule has 2 aromatic carbocycles. The van der Waals surface area contributed by atoms with Gasteiger partial charge in [0.1, 0.15) is 12.4 Å². The largest absolute Gasteiger partial charge is 0.492 e. The Bertz CT molecular complexity index is 1300. The Labute approximate surface area is 265 Å². The number of nitrogens with one attached hydrogen (secondary N) is 1. The first-order valence-electron chi connectivity index (χ1n) is 15.6. The predicted molar refractivity (Wildman–Crippen MR) is 173 cm³/mol. The number of likely N-dealkylation sites (tertiary alicyclic amines) is 1. The Balaban J connectivity index is 0.00000259. The molecule has 1 fully saturated rings. The highest BCUT2D eigenvalue weighted by Crippen LogP contribution is 2.48. The van der Waals surface area contributed by atoms with Crippen molar-refractivity contribution in [1.29, 1.82) is 0 Å². The number of anilines is 2. The fourth-order valence-corrected chi connectivity index (χ4v) is 6.51. The van der Waals surface area contributed by atoms with Gasteiger partial charge < -0.3 is 20.1 Å². The lowest BCUT2D eigenvalue weighted by Gasteiger charge is -2.38. The molecule has 1 unspecified atom stereocenters. The topological polar surface area (TPSA) is 65.0 Å². The minimum Gasteiger partial charge on any atom is -0.492 e. The zero-order chi connectivity index (χ0) is 32.8. The molecule has 2 N–H and O–H groups in total. The summed E-state index contributed by atoms with van der Waals surface area (Å²) in [5, 5.41) is 13.5. The van der Waals surface area contributed by atoms with E-state index in [0.29, 0.717) is 55.9 Å². The molecule has 1 spiro atoms. The van der Waals surface area contributed by atoms with Gasteiger partial charge in [-0.25, -0.2) is 0 Å². The third kappa shape index (κ3) is 7.21. The van der Waals surface area contributed by atoms with E-state index in [4.69, 9.17) is 16.3 Å². The molecule has 1 amide bonds. The fourth-order valence-electron chi connectivity index (χ4n) is 6.24. The van der Waals surface area contributed by atoms with Crippen LogP contribution in [0.15, 0.2) is 37.0 Å². The van der Waals surface area contributed by atoms with Crippen LogP contribution in [0.1, 0.15) is 88.5 Å². The Morgan fingerprint density at radius 3 is 2.39 bits per heavy atom. The van der Waals surface area contributed by atoms with Crippen molar-refractivity contribution in [3.8, 4) is 5.75 Å².